The van der Waals surface area contributed by atoms with E-state index in [1.807, 2.05) is 0 Å². The average molecular weight is 275 g/mol. The maximum atomic E-state index is 9.69. The first-order valence-electron chi connectivity index (χ1n) is 7.76. The number of ether oxygens (including phenoxy) is 2. The van der Waals surface area contributed by atoms with E-state index in [1.54, 1.807) is 7.11 Å². The van der Waals surface area contributed by atoms with Crippen LogP contribution in [0.15, 0.2) is 0 Å². The highest BCUT2D eigenvalue weighted by Gasteiger charge is 2.03. The second-order valence-corrected chi connectivity index (χ2v) is 5.05. The Balaban J connectivity index is 3.10. The van der Waals surface area contributed by atoms with Crippen LogP contribution in [0.3, 0.4) is 0 Å². The SMILES string of the molecule is CCCCCCOCC(O)CNCCCCCOC. The summed E-state index contributed by atoms with van der Waals surface area (Å²) in [6.07, 6.45) is 7.89. The minimum Gasteiger partial charge on any atom is -0.389 e. The van der Waals surface area contributed by atoms with Crippen LogP contribution in [-0.4, -0.2) is 51.2 Å². The van der Waals surface area contributed by atoms with Gasteiger partial charge in [-0.05, 0) is 32.2 Å². The first-order valence-corrected chi connectivity index (χ1v) is 7.76. The summed E-state index contributed by atoms with van der Waals surface area (Å²) in [5.41, 5.74) is 0. The van der Waals surface area contributed by atoms with Crippen LogP contribution in [0.5, 0.6) is 0 Å². The van der Waals surface area contributed by atoms with Gasteiger partial charge in [0, 0.05) is 26.9 Å². The lowest BCUT2D eigenvalue weighted by Crippen LogP contribution is -2.31. The van der Waals surface area contributed by atoms with E-state index < -0.39 is 0 Å². The fourth-order valence-corrected chi connectivity index (χ4v) is 1.85. The van der Waals surface area contributed by atoms with E-state index in [9.17, 15) is 5.11 Å². The molecule has 0 saturated carbocycles. The van der Waals surface area contributed by atoms with Gasteiger partial charge in [-0.2, -0.15) is 0 Å². The van der Waals surface area contributed by atoms with Gasteiger partial charge in [0.15, 0.2) is 0 Å². The third-order valence-corrected chi connectivity index (χ3v) is 3.03. The summed E-state index contributed by atoms with van der Waals surface area (Å²) < 4.78 is 10.4. The minimum atomic E-state index is -0.384. The molecule has 0 saturated heterocycles. The summed E-state index contributed by atoms with van der Waals surface area (Å²) in [4.78, 5) is 0. The number of nitrogens with one attached hydrogen (secondary N) is 1. The molecule has 0 fully saturated rings. The zero-order chi connectivity index (χ0) is 14.2. The van der Waals surface area contributed by atoms with Gasteiger partial charge in [0.25, 0.3) is 0 Å². The molecule has 0 aromatic carbocycles. The van der Waals surface area contributed by atoms with Crippen molar-refractivity contribution in [3.8, 4) is 0 Å². The predicted octanol–water partition coefficient (Wildman–Crippen LogP) is 2.35. The molecule has 0 aliphatic heterocycles. The second kappa shape index (κ2) is 15.9. The fraction of sp³-hybridized carbons (Fsp3) is 1.00. The van der Waals surface area contributed by atoms with E-state index in [4.69, 9.17) is 9.47 Å². The van der Waals surface area contributed by atoms with Gasteiger partial charge in [0.1, 0.15) is 0 Å². The summed E-state index contributed by atoms with van der Waals surface area (Å²) >= 11 is 0. The van der Waals surface area contributed by atoms with Crippen molar-refractivity contribution in [2.75, 3.05) is 40.0 Å². The van der Waals surface area contributed by atoms with Crippen molar-refractivity contribution in [1.82, 2.24) is 5.32 Å². The Morgan fingerprint density at radius 1 is 1.00 bits per heavy atom. The van der Waals surface area contributed by atoms with E-state index in [1.165, 1.54) is 25.7 Å². The molecule has 4 nitrogen and oxygen atoms in total. The molecule has 0 aromatic rings. The highest BCUT2D eigenvalue weighted by Crippen LogP contribution is 1.99. The first kappa shape index (κ1) is 18.8. The van der Waals surface area contributed by atoms with Crippen LogP contribution in [0.2, 0.25) is 0 Å². The molecule has 0 spiro atoms. The molecule has 2 N–H and O–H groups in total. The van der Waals surface area contributed by atoms with Crippen molar-refractivity contribution in [3.05, 3.63) is 0 Å². The number of rotatable bonds is 15. The van der Waals surface area contributed by atoms with E-state index >= 15 is 0 Å². The van der Waals surface area contributed by atoms with E-state index in [-0.39, 0.29) is 6.10 Å². The van der Waals surface area contributed by atoms with Gasteiger partial charge in [-0.3, -0.25) is 0 Å². The molecular weight excluding hydrogens is 242 g/mol. The van der Waals surface area contributed by atoms with E-state index in [0.717, 1.165) is 39.0 Å². The highest BCUT2D eigenvalue weighted by atomic mass is 16.5. The van der Waals surface area contributed by atoms with Gasteiger partial charge < -0.3 is 19.9 Å². The van der Waals surface area contributed by atoms with Crippen LogP contribution < -0.4 is 5.32 Å². The summed E-state index contributed by atoms with van der Waals surface area (Å²) in [6, 6.07) is 0. The topological polar surface area (TPSA) is 50.7 Å². The molecule has 0 aliphatic carbocycles. The molecule has 0 heterocycles. The second-order valence-electron chi connectivity index (χ2n) is 5.05. The Morgan fingerprint density at radius 3 is 2.47 bits per heavy atom. The third-order valence-electron chi connectivity index (χ3n) is 3.03. The lowest BCUT2D eigenvalue weighted by Gasteiger charge is -2.12. The van der Waals surface area contributed by atoms with Crippen molar-refractivity contribution in [3.63, 3.8) is 0 Å². The molecule has 0 rings (SSSR count). The average Bonchev–Trinajstić information content (AvgIpc) is 2.41. The summed E-state index contributed by atoms with van der Waals surface area (Å²) in [5.74, 6) is 0. The van der Waals surface area contributed by atoms with Gasteiger partial charge in [0.2, 0.25) is 0 Å². The third kappa shape index (κ3) is 15.8. The summed E-state index contributed by atoms with van der Waals surface area (Å²) in [6.45, 7) is 5.84. The number of aliphatic hydroxyl groups excluding tert-OH is 1. The first-order chi connectivity index (χ1) is 9.31. The van der Waals surface area contributed by atoms with Crippen LogP contribution in [0.25, 0.3) is 0 Å². The Bertz CT molecular complexity index is 167. The van der Waals surface area contributed by atoms with Crippen molar-refractivity contribution < 1.29 is 14.6 Å². The molecule has 0 aliphatic rings. The predicted molar refractivity (Wildman–Crippen MR) is 79.6 cm³/mol. The van der Waals surface area contributed by atoms with Crippen LogP contribution in [-0.2, 0) is 9.47 Å². The van der Waals surface area contributed by atoms with Crippen molar-refractivity contribution in [2.24, 2.45) is 0 Å². The standard InChI is InChI=1S/C15H33NO3/c1-3-4-5-9-12-19-14-15(17)13-16-10-7-6-8-11-18-2/h15-17H,3-14H2,1-2H3. The normalized spacial score (nSPS) is 12.8. The Kier molecular flexibility index (Phi) is 15.8. The van der Waals surface area contributed by atoms with Crippen LogP contribution in [0, 0.1) is 0 Å². The van der Waals surface area contributed by atoms with Gasteiger partial charge in [-0.15, -0.1) is 0 Å². The van der Waals surface area contributed by atoms with Crippen molar-refractivity contribution in [2.45, 2.75) is 58.0 Å². The molecule has 116 valence electrons. The van der Waals surface area contributed by atoms with Crippen LogP contribution in [0.1, 0.15) is 51.9 Å². The minimum absolute atomic E-state index is 0.384. The Morgan fingerprint density at radius 2 is 1.74 bits per heavy atom. The molecule has 19 heavy (non-hydrogen) atoms. The molecule has 1 atom stereocenters. The van der Waals surface area contributed by atoms with Crippen molar-refractivity contribution in [1.29, 1.82) is 0 Å². The van der Waals surface area contributed by atoms with Crippen LogP contribution >= 0.6 is 0 Å². The molecule has 0 radical (unpaired) electrons. The highest BCUT2D eigenvalue weighted by molar-refractivity contribution is 4.58. The maximum absolute atomic E-state index is 9.69. The molecular formula is C15H33NO3. The fourth-order valence-electron chi connectivity index (χ4n) is 1.85. The van der Waals surface area contributed by atoms with Gasteiger partial charge >= 0.3 is 0 Å². The lowest BCUT2D eigenvalue weighted by atomic mass is 10.2. The van der Waals surface area contributed by atoms with E-state index in [2.05, 4.69) is 12.2 Å². The number of methoxy groups -OCH3 is 1. The molecule has 1 unspecified atom stereocenters. The van der Waals surface area contributed by atoms with Crippen LogP contribution in [0.4, 0.5) is 0 Å². The van der Waals surface area contributed by atoms with Gasteiger partial charge in [-0.25, -0.2) is 0 Å². The zero-order valence-corrected chi connectivity index (χ0v) is 12.8. The smallest absolute Gasteiger partial charge is 0.0897 e. The quantitative estimate of drug-likeness (QED) is 0.450. The van der Waals surface area contributed by atoms with Crippen molar-refractivity contribution >= 4 is 0 Å². The summed E-state index contributed by atoms with van der Waals surface area (Å²) in [5, 5.41) is 12.9. The van der Waals surface area contributed by atoms with E-state index in [0.29, 0.717) is 13.2 Å². The molecule has 0 aromatic heterocycles. The molecule has 0 amide bonds. The number of unbranched alkanes of at least 4 members (excludes halogenated alkanes) is 5. The number of hydrogen-bond donors (Lipinski definition) is 2. The lowest BCUT2D eigenvalue weighted by molar-refractivity contribution is 0.0355. The number of hydrogen-bond acceptors (Lipinski definition) is 4. The zero-order valence-electron chi connectivity index (χ0n) is 12.8. The van der Waals surface area contributed by atoms with Gasteiger partial charge in [0.05, 0.1) is 12.7 Å². The maximum Gasteiger partial charge on any atom is 0.0897 e. The number of aliphatic hydroxyl groups is 1. The van der Waals surface area contributed by atoms with Gasteiger partial charge in [-0.1, -0.05) is 26.2 Å². The largest absolute Gasteiger partial charge is 0.389 e. The molecule has 4 heteroatoms. The Labute approximate surface area is 118 Å². The monoisotopic (exact) mass is 275 g/mol. The Hall–Kier alpha value is -0.160. The summed E-state index contributed by atoms with van der Waals surface area (Å²) in [7, 11) is 1.73. The molecule has 0 bridgehead atoms.